The molecule has 0 spiro atoms. The Morgan fingerprint density at radius 3 is 1.77 bits per heavy atom. The van der Waals surface area contributed by atoms with Gasteiger partial charge in [0.1, 0.15) is 5.76 Å². The van der Waals surface area contributed by atoms with Crippen LogP contribution in [0.15, 0.2) is 73.6 Å². The highest BCUT2D eigenvalue weighted by atomic mass is 19.2. The van der Waals surface area contributed by atoms with Crippen molar-refractivity contribution >= 4 is 0 Å². The molecule has 6 heteroatoms. The maximum Gasteiger partial charge on any atom is 0.200 e. The molecular formula is C29H36F4O2. The summed E-state index contributed by atoms with van der Waals surface area (Å²) in [4.78, 5) is 0. The molecule has 0 heterocycles. The number of hydrogen-bond acceptors (Lipinski definition) is 2. The van der Waals surface area contributed by atoms with Gasteiger partial charge in [-0.3, -0.25) is 0 Å². The van der Waals surface area contributed by atoms with Crippen LogP contribution in [-0.2, 0) is 4.74 Å². The number of halogens is 4. The topological polar surface area (TPSA) is 29.5 Å². The molecule has 2 saturated carbocycles. The lowest BCUT2D eigenvalue weighted by atomic mass is 9.77. The summed E-state index contributed by atoms with van der Waals surface area (Å²) < 4.78 is 62.2. The van der Waals surface area contributed by atoms with Crippen molar-refractivity contribution in [2.75, 3.05) is 7.11 Å². The molecule has 0 aliphatic heterocycles. The van der Waals surface area contributed by atoms with Crippen LogP contribution in [0.25, 0.3) is 0 Å². The summed E-state index contributed by atoms with van der Waals surface area (Å²) in [5.41, 5.74) is 0.719. The van der Waals surface area contributed by atoms with Crippen molar-refractivity contribution in [3.63, 3.8) is 0 Å². The largest absolute Gasteiger partial charge is 0.494 e. The Morgan fingerprint density at radius 2 is 1.31 bits per heavy atom. The lowest BCUT2D eigenvalue weighted by Gasteiger charge is -2.29. The maximum atomic E-state index is 14.9. The van der Waals surface area contributed by atoms with Gasteiger partial charge in [-0.1, -0.05) is 37.4 Å². The SMILES string of the molecule is C=C.C=C(/C=C/C1CCC(c2ccc(C3CCC(O)CC3)c(F)c2F)CC1)/C(F)=C(/F)C(=C)OC. The van der Waals surface area contributed by atoms with Crippen molar-refractivity contribution in [1.82, 2.24) is 0 Å². The monoisotopic (exact) mass is 492 g/mol. The molecule has 2 nitrogen and oxygen atoms in total. The number of rotatable bonds is 7. The van der Waals surface area contributed by atoms with E-state index < -0.39 is 29.0 Å². The van der Waals surface area contributed by atoms with Crippen molar-refractivity contribution in [2.24, 2.45) is 5.92 Å². The normalized spacial score (nSPS) is 25.3. The fourth-order valence-corrected chi connectivity index (χ4v) is 4.90. The second-order valence-electron chi connectivity index (χ2n) is 9.13. The molecule has 192 valence electrons. The third kappa shape index (κ3) is 7.20. The second-order valence-corrected chi connectivity index (χ2v) is 9.13. The molecule has 0 saturated heterocycles. The quantitative estimate of drug-likeness (QED) is 0.179. The fraction of sp³-hybridized carbons (Fsp3) is 0.448. The molecule has 0 radical (unpaired) electrons. The molecule has 0 amide bonds. The van der Waals surface area contributed by atoms with E-state index in [0.29, 0.717) is 49.7 Å². The smallest absolute Gasteiger partial charge is 0.200 e. The standard InChI is InChI=1S/C27H32F4O2.C2H4/c1-16(24(28)25(29)17(2)33-3)4-5-18-6-8-19(9-7-18)22-14-15-23(27(31)26(22)30)20-10-12-21(32)13-11-20;1-2/h4-5,14-15,18-21,32H,1-2,6-13H2,3H3;1-2H2/b5-4+,25-24-;. The molecular weight excluding hydrogens is 456 g/mol. The zero-order chi connectivity index (χ0) is 26.1. The van der Waals surface area contributed by atoms with Crippen molar-refractivity contribution in [1.29, 1.82) is 0 Å². The van der Waals surface area contributed by atoms with Crippen LogP contribution in [0, 0.1) is 17.6 Å². The van der Waals surface area contributed by atoms with Gasteiger partial charge in [-0.15, -0.1) is 13.2 Å². The Morgan fingerprint density at radius 1 is 0.857 bits per heavy atom. The first kappa shape index (κ1) is 28.6. The zero-order valence-electron chi connectivity index (χ0n) is 20.5. The van der Waals surface area contributed by atoms with E-state index in [1.54, 1.807) is 18.2 Å². The molecule has 2 aliphatic rings. The van der Waals surface area contributed by atoms with Crippen LogP contribution < -0.4 is 0 Å². The minimum absolute atomic E-state index is 0.0498. The summed E-state index contributed by atoms with van der Waals surface area (Å²) in [5.74, 6) is -4.21. The third-order valence-electron chi connectivity index (χ3n) is 7.03. The van der Waals surface area contributed by atoms with Crippen LogP contribution in [0.3, 0.4) is 0 Å². The molecule has 35 heavy (non-hydrogen) atoms. The second kappa shape index (κ2) is 13.5. The third-order valence-corrected chi connectivity index (χ3v) is 7.03. The van der Waals surface area contributed by atoms with Gasteiger partial charge in [-0.05, 0) is 80.2 Å². The number of hydrogen-bond donors (Lipinski definition) is 1. The van der Waals surface area contributed by atoms with E-state index in [1.807, 2.05) is 0 Å². The van der Waals surface area contributed by atoms with Crippen molar-refractivity contribution in [2.45, 2.75) is 69.3 Å². The van der Waals surface area contributed by atoms with Gasteiger partial charge in [0.15, 0.2) is 17.5 Å². The number of methoxy groups -OCH3 is 1. The molecule has 1 N–H and O–H groups in total. The van der Waals surface area contributed by atoms with E-state index in [9.17, 15) is 22.7 Å². The maximum absolute atomic E-state index is 14.9. The lowest BCUT2D eigenvalue weighted by Crippen LogP contribution is -2.19. The average Bonchev–Trinajstić information content (AvgIpc) is 2.89. The van der Waals surface area contributed by atoms with E-state index in [-0.39, 0.29) is 29.4 Å². The highest BCUT2D eigenvalue weighted by molar-refractivity contribution is 5.39. The van der Waals surface area contributed by atoms with Gasteiger partial charge in [0.25, 0.3) is 0 Å². The molecule has 1 aromatic rings. The van der Waals surface area contributed by atoms with Crippen molar-refractivity contribution in [3.05, 3.63) is 96.3 Å². The van der Waals surface area contributed by atoms with E-state index in [2.05, 4.69) is 31.1 Å². The minimum Gasteiger partial charge on any atom is -0.494 e. The van der Waals surface area contributed by atoms with Gasteiger partial charge < -0.3 is 9.84 Å². The molecule has 0 atom stereocenters. The van der Waals surface area contributed by atoms with Gasteiger partial charge in [0.2, 0.25) is 5.83 Å². The summed E-state index contributed by atoms with van der Waals surface area (Å²) in [6, 6.07) is 3.43. The highest BCUT2D eigenvalue weighted by Gasteiger charge is 2.29. The molecule has 0 aromatic heterocycles. The number of aliphatic hydroxyl groups excluding tert-OH is 1. The summed E-state index contributed by atoms with van der Waals surface area (Å²) in [6.45, 7) is 12.8. The van der Waals surface area contributed by atoms with E-state index >= 15 is 0 Å². The van der Waals surface area contributed by atoms with Gasteiger partial charge in [0, 0.05) is 5.57 Å². The van der Waals surface area contributed by atoms with Crippen molar-refractivity contribution in [3.8, 4) is 0 Å². The Kier molecular flexibility index (Phi) is 11.0. The number of aliphatic hydroxyl groups is 1. The first-order chi connectivity index (χ1) is 16.7. The Balaban J connectivity index is 0.00000210. The molecule has 1 aromatic carbocycles. The fourth-order valence-electron chi connectivity index (χ4n) is 4.90. The summed E-state index contributed by atoms with van der Waals surface area (Å²) >= 11 is 0. The summed E-state index contributed by atoms with van der Waals surface area (Å²) in [7, 11) is 1.20. The first-order valence-corrected chi connectivity index (χ1v) is 12.0. The van der Waals surface area contributed by atoms with Gasteiger partial charge >= 0.3 is 0 Å². The Labute approximate surface area is 206 Å². The van der Waals surface area contributed by atoms with Crippen LogP contribution in [0.1, 0.15) is 74.3 Å². The molecule has 0 bridgehead atoms. The van der Waals surface area contributed by atoms with Gasteiger partial charge in [-0.2, -0.15) is 4.39 Å². The first-order valence-electron chi connectivity index (χ1n) is 12.0. The molecule has 2 aliphatic carbocycles. The molecule has 0 unspecified atom stereocenters. The Hall–Kier alpha value is -2.60. The van der Waals surface area contributed by atoms with Crippen molar-refractivity contribution < 1.29 is 27.4 Å². The zero-order valence-corrected chi connectivity index (χ0v) is 20.5. The summed E-state index contributed by atoms with van der Waals surface area (Å²) in [5, 5.41) is 9.66. The predicted octanol–water partition coefficient (Wildman–Crippen LogP) is 8.48. The predicted molar refractivity (Wildman–Crippen MR) is 133 cm³/mol. The molecule has 2 fully saturated rings. The molecule has 3 rings (SSSR count). The highest BCUT2D eigenvalue weighted by Crippen LogP contribution is 2.41. The van der Waals surface area contributed by atoms with E-state index in [4.69, 9.17) is 0 Å². The lowest BCUT2D eigenvalue weighted by molar-refractivity contribution is 0.122. The van der Waals surface area contributed by atoms with E-state index in [0.717, 1.165) is 12.8 Å². The van der Waals surface area contributed by atoms with Crippen LogP contribution >= 0.6 is 0 Å². The number of benzene rings is 1. The minimum atomic E-state index is -1.18. The van der Waals surface area contributed by atoms with Crippen LogP contribution in [0.4, 0.5) is 17.6 Å². The van der Waals surface area contributed by atoms with Crippen LogP contribution in [0.5, 0.6) is 0 Å². The van der Waals surface area contributed by atoms with Gasteiger partial charge in [-0.25, -0.2) is 13.2 Å². The number of ether oxygens (including phenoxy) is 1. The summed E-state index contributed by atoms with van der Waals surface area (Å²) in [6.07, 6.45) is 8.28. The van der Waals surface area contributed by atoms with Gasteiger partial charge in [0.05, 0.1) is 13.2 Å². The van der Waals surface area contributed by atoms with E-state index in [1.165, 1.54) is 13.2 Å². The van der Waals surface area contributed by atoms with Crippen LogP contribution in [-0.4, -0.2) is 18.3 Å². The average molecular weight is 493 g/mol. The van der Waals surface area contributed by atoms with Crippen LogP contribution in [0.2, 0.25) is 0 Å². The Bertz CT molecular complexity index is 950. The number of allylic oxidation sites excluding steroid dienone is 5.